The zero-order valence-corrected chi connectivity index (χ0v) is 13.3. The number of rotatable bonds is 4. The smallest absolute Gasteiger partial charge is 0.321 e. The Labute approximate surface area is 134 Å². The molecule has 1 aromatic carbocycles. The van der Waals surface area contributed by atoms with Crippen molar-refractivity contribution in [1.82, 2.24) is 4.90 Å². The van der Waals surface area contributed by atoms with E-state index < -0.39 is 11.9 Å². The van der Waals surface area contributed by atoms with E-state index in [1.165, 1.54) is 4.90 Å². The number of nitrogens with zero attached hydrogens (tertiary/aromatic N) is 1. The van der Waals surface area contributed by atoms with Crippen LogP contribution in [-0.4, -0.2) is 41.2 Å². The molecule has 1 fully saturated rings. The maximum atomic E-state index is 12.1. The third kappa shape index (κ3) is 4.04. The van der Waals surface area contributed by atoms with Gasteiger partial charge >= 0.3 is 12.0 Å². The third-order valence-corrected chi connectivity index (χ3v) is 3.69. The van der Waals surface area contributed by atoms with E-state index in [2.05, 4.69) is 5.32 Å². The van der Waals surface area contributed by atoms with Crippen LogP contribution >= 0.6 is 11.6 Å². The predicted octanol–water partition coefficient (Wildman–Crippen LogP) is 3.07. The number of carbonyl (C=O) groups is 2. The Hall–Kier alpha value is -1.95. The quantitative estimate of drug-likeness (QED) is 0.891. The van der Waals surface area contributed by atoms with Gasteiger partial charge in [-0.3, -0.25) is 4.79 Å². The second-order valence-corrected chi connectivity index (χ2v) is 5.92. The molecule has 0 aromatic heterocycles. The highest BCUT2D eigenvalue weighted by Crippen LogP contribution is 2.28. The molecule has 22 heavy (non-hydrogen) atoms. The van der Waals surface area contributed by atoms with Crippen molar-refractivity contribution in [3.05, 3.63) is 23.2 Å². The number of nitrogens with one attached hydrogen (secondary N) is 1. The number of ether oxygens (including phenoxy) is 1. The Balaban J connectivity index is 1.99. The van der Waals surface area contributed by atoms with E-state index >= 15 is 0 Å². The Morgan fingerprint density at radius 1 is 1.45 bits per heavy atom. The number of hydrogen-bond acceptors (Lipinski definition) is 3. The van der Waals surface area contributed by atoms with Crippen LogP contribution in [0.25, 0.3) is 0 Å². The summed E-state index contributed by atoms with van der Waals surface area (Å²) in [5.41, 5.74) is 0.474. The highest BCUT2D eigenvalue weighted by Gasteiger charge is 2.31. The van der Waals surface area contributed by atoms with E-state index in [0.29, 0.717) is 29.4 Å². The van der Waals surface area contributed by atoms with Crippen molar-refractivity contribution in [3.63, 3.8) is 0 Å². The minimum atomic E-state index is -0.872. The van der Waals surface area contributed by atoms with Crippen LogP contribution < -0.4 is 10.1 Å². The van der Waals surface area contributed by atoms with Crippen LogP contribution in [0.5, 0.6) is 5.75 Å². The molecule has 0 radical (unpaired) electrons. The number of aliphatic carboxylic acids is 1. The largest absolute Gasteiger partial charge is 0.491 e. The number of likely N-dealkylation sites (tertiary alicyclic amines) is 1. The molecule has 120 valence electrons. The molecule has 1 saturated heterocycles. The first-order chi connectivity index (χ1) is 10.4. The molecule has 1 heterocycles. The van der Waals surface area contributed by atoms with Gasteiger partial charge in [-0.1, -0.05) is 11.6 Å². The maximum absolute atomic E-state index is 12.1. The number of amides is 2. The number of benzene rings is 1. The van der Waals surface area contributed by atoms with Crippen LogP contribution in [0.3, 0.4) is 0 Å². The fourth-order valence-electron chi connectivity index (χ4n) is 2.28. The fourth-order valence-corrected chi connectivity index (χ4v) is 2.50. The number of carboxylic acids is 1. The van der Waals surface area contributed by atoms with Crippen LogP contribution in [0.15, 0.2) is 18.2 Å². The first kappa shape index (κ1) is 16.4. The van der Waals surface area contributed by atoms with E-state index in [1.807, 2.05) is 13.8 Å². The minimum absolute atomic E-state index is 0.0362. The molecule has 1 atom stereocenters. The molecule has 0 saturated carbocycles. The van der Waals surface area contributed by atoms with Crippen LogP contribution in [-0.2, 0) is 4.79 Å². The summed E-state index contributed by atoms with van der Waals surface area (Å²) in [6, 6.07) is 4.69. The molecule has 1 aromatic rings. The highest BCUT2D eigenvalue weighted by atomic mass is 35.5. The molecule has 6 nitrogen and oxygen atoms in total. The van der Waals surface area contributed by atoms with Crippen molar-refractivity contribution in [1.29, 1.82) is 0 Å². The SMILES string of the molecule is CC(C)Oc1ccc(NC(=O)N2CCC(C(=O)O)C2)c(Cl)c1. The second kappa shape index (κ2) is 6.87. The maximum Gasteiger partial charge on any atom is 0.321 e. The molecule has 2 N–H and O–H groups in total. The minimum Gasteiger partial charge on any atom is -0.491 e. The normalized spacial score (nSPS) is 17.6. The van der Waals surface area contributed by atoms with Crippen LogP contribution in [0.1, 0.15) is 20.3 Å². The molecule has 1 aliphatic rings. The van der Waals surface area contributed by atoms with E-state index in [9.17, 15) is 9.59 Å². The average molecular weight is 327 g/mol. The zero-order valence-electron chi connectivity index (χ0n) is 12.5. The Morgan fingerprint density at radius 3 is 2.73 bits per heavy atom. The molecule has 0 bridgehead atoms. The van der Waals surface area contributed by atoms with Gasteiger partial charge in [-0.05, 0) is 32.4 Å². The van der Waals surface area contributed by atoms with Gasteiger partial charge in [-0.25, -0.2) is 4.79 Å². The Kier molecular flexibility index (Phi) is 5.13. The number of anilines is 1. The summed E-state index contributed by atoms with van der Waals surface area (Å²) >= 11 is 6.14. The third-order valence-electron chi connectivity index (χ3n) is 3.38. The van der Waals surface area contributed by atoms with Gasteiger partial charge in [0.25, 0.3) is 0 Å². The summed E-state index contributed by atoms with van der Waals surface area (Å²) < 4.78 is 5.52. The fraction of sp³-hybridized carbons (Fsp3) is 0.467. The average Bonchev–Trinajstić information content (AvgIpc) is 2.91. The number of hydrogen-bond donors (Lipinski definition) is 2. The van der Waals surface area contributed by atoms with Crippen molar-refractivity contribution < 1.29 is 19.4 Å². The van der Waals surface area contributed by atoms with E-state index in [-0.39, 0.29) is 18.7 Å². The summed E-state index contributed by atoms with van der Waals surface area (Å²) in [7, 11) is 0. The van der Waals surface area contributed by atoms with Gasteiger partial charge in [0.15, 0.2) is 0 Å². The molecule has 0 aliphatic carbocycles. The zero-order chi connectivity index (χ0) is 16.3. The van der Waals surface area contributed by atoms with Crippen LogP contribution in [0, 0.1) is 5.92 Å². The molecule has 0 spiro atoms. The first-order valence-electron chi connectivity index (χ1n) is 7.11. The number of carboxylic acid groups (broad SMARTS) is 1. The highest BCUT2D eigenvalue weighted by molar-refractivity contribution is 6.33. The molecular weight excluding hydrogens is 308 g/mol. The van der Waals surface area contributed by atoms with Gasteiger partial charge in [-0.2, -0.15) is 0 Å². The van der Waals surface area contributed by atoms with Gasteiger partial charge in [-0.15, -0.1) is 0 Å². The number of halogens is 1. The van der Waals surface area contributed by atoms with E-state index in [0.717, 1.165) is 0 Å². The Morgan fingerprint density at radius 2 is 2.18 bits per heavy atom. The van der Waals surface area contributed by atoms with Crippen LogP contribution in [0.2, 0.25) is 5.02 Å². The number of carbonyl (C=O) groups excluding carboxylic acids is 1. The van der Waals surface area contributed by atoms with Gasteiger partial charge in [0.2, 0.25) is 0 Å². The molecule has 1 unspecified atom stereocenters. The Bertz CT molecular complexity index is 577. The van der Waals surface area contributed by atoms with Crippen LogP contribution in [0.4, 0.5) is 10.5 Å². The van der Waals surface area contributed by atoms with Crippen molar-refractivity contribution >= 4 is 29.3 Å². The lowest BCUT2D eigenvalue weighted by atomic mass is 10.1. The van der Waals surface area contributed by atoms with Gasteiger partial charge in [0, 0.05) is 19.2 Å². The summed E-state index contributed by atoms with van der Waals surface area (Å²) in [5.74, 6) is -0.739. The summed E-state index contributed by atoms with van der Waals surface area (Å²) in [4.78, 5) is 24.5. The summed E-state index contributed by atoms with van der Waals surface area (Å²) in [6.07, 6.45) is 0.506. The van der Waals surface area contributed by atoms with E-state index in [1.54, 1.807) is 18.2 Å². The molecule has 1 aliphatic heterocycles. The predicted molar refractivity (Wildman–Crippen MR) is 83.6 cm³/mol. The molecular formula is C15H19ClN2O4. The van der Waals surface area contributed by atoms with Gasteiger partial charge < -0.3 is 20.1 Å². The van der Waals surface area contributed by atoms with Crippen molar-refractivity contribution in [2.45, 2.75) is 26.4 Å². The lowest BCUT2D eigenvalue weighted by Crippen LogP contribution is -2.33. The standard InChI is InChI=1S/C15H19ClN2O4/c1-9(2)22-11-3-4-13(12(16)7-11)17-15(21)18-6-5-10(8-18)14(19)20/h3-4,7,9-10H,5-6,8H2,1-2H3,(H,17,21)(H,19,20). The molecule has 2 rings (SSSR count). The topological polar surface area (TPSA) is 78.9 Å². The lowest BCUT2D eigenvalue weighted by molar-refractivity contribution is -0.141. The van der Waals surface area contributed by atoms with Gasteiger partial charge in [0.1, 0.15) is 5.75 Å². The lowest BCUT2D eigenvalue weighted by Gasteiger charge is -2.18. The first-order valence-corrected chi connectivity index (χ1v) is 7.49. The van der Waals surface area contributed by atoms with Crippen molar-refractivity contribution in [3.8, 4) is 5.75 Å². The van der Waals surface area contributed by atoms with E-state index in [4.69, 9.17) is 21.4 Å². The van der Waals surface area contributed by atoms with Crippen molar-refractivity contribution in [2.75, 3.05) is 18.4 Å². The monoisotopic (exact) mass is 326 g/mol. The van der Waals surface area contributed by atoms with Crippen molar-refractivity contribution in [2.24, 2.45) is 5.92 Å². The number of urea groups is 1. The second-order valence-electron chi connectivity index (χ2n) is 5.51. The molecule has 2 amide bonds. The summed E-state index contributed by atoms with van der Waals surface area (Å²) in [5, 5.41) is 12.0. The molecule has 7 heteroatoms. The summed E-state index contributed by atoms with van der Waals surface area (Å²) in [6.45, 7) is 4.47. The van der Waals surface area contributed by atoms with Gasteiger partial charge in [0.05, 0.1) is 22.7 Å².